The van der Waals surface area contributed by atoms with Crippen LogP contribution in [0, 0.1) is 5.82 Å². The van der Waals surface area contributed by atoms with Crippen LogP contribution in [0.15, 0.2) is 29.4 Å². The van der Waals surface area contributed by atoms with E-state index >= 15 is 0 Å². The fourth-order valence-corrected chi connectivity index (χ4v) is 2.41. The molecule has 1 saturated carbocycles. The largest absolute Gasteiger partial charge is 0.481 e. The number of oxime groups is 1. The number of halogens is 1. The number of hydrogen-bond acceptors (Lipinski definition) is 4. The highest BCUT2D eigenvalue weighted by atomic mass is 19.1. The highest BCUT2D eigenvalue weighted by Gasteiger charge is 2.35. The van der Waals surface area contributed by atoms with Gasteiger partial charge in [-0.25, -0.2) is 4.39 Å². The number of hydrogen-bond donors (Lipinski definition) is 2. The molecule has 1 fully saturated rings. The van der Waals surface area contributed by atoms with Crippen LogP contribution in [0.4, 0.5) is 4.39 Å². The van der Waals surface area contributed by atoms with Gasteiger partial charge in [-0.3, -0.25) is 4.79 Å². The van der Waals surface area contributed by atoms with Gasteiger partial charge in [0.2, 0.25) is 0 Å². The predicted molar refractivity (Wildman–Crippen MR) is 80.7 cm³/mol. The van der Waals surface area contributed by atoms with Crippen molar-refractivity contribution in [3.63, 3.8) is 0 Å². The van der Waals surface area contributed by atoms with Crippen molar-refractivity contribution in [3.05, 3.63) is 35.6 Å². The summed E-state index contributed by atoms with van der Waals surface area (Å²) in [5.41, 5.74) is 1.42. The van der Waals surface area contributed by atoms with Crippen LogP contribution in [-0.2, 0) is 15.1 Å². The van der Waals surface area contributed by atoms with Crippen molar-refractivity contribution in [3.8, 4) is 0 Å². The molecule has 2 rings (SSSR count). The molecule has 0 heterocycles. The lowest BCUT2D eigenvalue weighted by Gasteiger charge is -2.36. The number of carboxylic acids is 1. The van der Waals surface area contributed by atoms with Crippen LogP contribution < -0.4 is 0 Å². The fraction of sp³-hybridized carbons (Fsp3) is 0.500. The third-order valence-corrected chi connectivity index (χ3v) is 3.84. The van der Waals surface area contributed by atoms with E-state index in [1.165, 1.54) is 12.1 Å². The van der Waals surface area contributed by atoms with E-state index in [4.69, 9.17) is 15.1 Å². The molecule has 0 aliphatic heterocycles. The molecule has 0 aromatic heterocycles. The Bertz CT molecular complexity index is 503. The van der Waals surface area contributed by atoms with Crippen molar-refractivity contribution in [2.24, 2.45) is 5.16 Å². The zero-order valence-electron chi connectivity index (χ0n) is 12.9. The Kier molecular flexibility index (Phi) is 6.98. The Labute approximate surface area is 129 Å². The molecule has 0 spiro atoms. The molecule has 0 atom stereocenters. The molecule has 1 aromatic rings. The van der Waals surface area contributed by atoms with Gasteiger partial charge in [0.05, 0.1) is 11.3 Å². The third-order valence-electron chi connectivity index (χ3n) is 3.84. The van der Waals surface area contributed by atoms with Crippen LogP contribution in [0.2, 0.25) is 0 Å². The van der Waals surface area contributed by atoms with Crippen LogP contribution >= 0.6 is 0 Å². The highest BCUT2D eigenvalue weighted by Crippen LogP contribution is 2.39. The van der Waals surface area contributed by atoms with Gasteiger partial charge in [-0.2, -0.15) is 0 Å². The summed E-state index contributed by atoms with van der Waals surface area (Å²) in [7, 11) is 1.67. The van der Waals surface area contributed by atoms with Gasteiger partial charge in [-0.15, -0.1) is 0 Å². The standard InChI is InChI=1S/C13H16FNO2.C3H6O2/c1-17-13(8-6-12(15-16)7-9-13)10-2-4-11(14)5-3-10;1-2-3(4)5/h2-5,16H,6-9H2,1H3;2H2,1H3,(H,4,5). The number of rotatable bonds is 3. The van der Waals surface area contributed by atoms with Gasteiger partial charge in [-0.05, 0) is 43.4 Å². The monoisotopic (exact) mass is 311 g/mol. The molecular weight excluding hydrogens is 289 g/mol. The number of aliphatic carboxylic acids is 1. The van der Waals surface area contributed by atoms with E-state index in [-0.39, 0.29) is 17.8 Å². The SMILES string of the molecule is CCC(=O)O.COC1(c2ccc(F)cc2)CCC(=NO)CC1. The minimum Gasteiger partial charge on any atom is -0.481 e. The van der Waals surface area contributed by atoms with Crippen LogP contribution in [0.1, 0.15) is 44.6 Å². The number of carboxylic acid groups (broad SMARTS) is 1. The van der Waals surface area contributed by atoms with Crippen molar-refractivity contribution in [1.29, 1.82) is 0 Å². The van der Waals surface area contributed by atoms with Crippen molar-refractivity contribution in [1.82, 2.24) is 0 Å². The number of ether oxygens (including phenoxy) is 1. The molecular formula is C16H22FNO4. The van der Waals surface area contributed by atoms with Gasteiger partial charge in [0, 0.05) is 13.5 Å². The summed E-state index contributed by atoms with van der Waals surface area (Å²) in [5, 5.41) is 19.7. The van der Waals surface area contributed by atoms with Gasteiger partial charge in [0.15, 0.2) is 0 Å². The third kappa shape index (κ3) is 4.80. The molecule has 22 heavy (non-hydrogen) atoms. The summed E-state index contributed by atoms with van der Waals surface area (Å²) in [6.45, 7) is 1.60. The Hall–Kier alpha value is -1.95. The molecule has 0 radical (unpaired) electrons. The summed E-state index contributed by atoms with van der Waals surface area (Å²) >= 11 is 0. The lowest BCUT2D eigenvalue weighted by atomic mass is 9.78. The van der Waals surface area contributed by atoms with Gasteiger partial charge in [0.1, 0.15) is 5.82 Å². The molecule has 5 nitrogen and oxygen atoms in total. The second kappa shape index (κ2) is 8.48. The molecule has 0 unspecified atom stereocenters. The van der Waals surface area contributed by atoms with E-state index in [1.807, 2.05) is 0 Å². The number of nitrogens with zero attached hydrogens (tertiary/aromatic N) is 1. The molecule has 2 N–H and O–H groups in total. The molecule has 0 amide bonds. The highest BCUT2D eigenvalue weighted by molar-refractivity contribution is 5.84. The average molecular weight is 311 g/mol. The van der Waals surface area contributed by atoms with E-state index in [0.717, 1.165) is 24.1 Å². The lowest BCUT2D eigenvalue weighted by Crippen LogP contribution is -2.33. The maximum absolute atomic E-state index is 12.9. The van der Waals surface area contributed by atoms with Gasteiger partial charge in [-0.1, -0.05) is 24.2 Å². The molecule has 0 saturated heterocycles. The summed E-state index contributed by atoms with van der Waals surface area (Å²) in [6, 6.07) is 6.43. The zero-order chi connectivity index (χ0) is 16.6. The van der Waals surface area contributed by atoms with E-state index in [2.05, 4.69) is 5.16 Å². The Morgan fingerprint density at radius 1 is 1.32 bits per heavy atom. The smallest absolute Gasteiger partial charge is 0.303 e. The first kappa shape index (κ1) is 18.1. The van der Waals surface area contributed by atoms with Crippen molar-refractivity contribution in [2.45, 2.75) is 44.6 Å². The zero-order valence-corrected chi connectivity index (χ0v) is 12.9. The van der Waals surface area contributed by atoms with E-state index in [1.54, 1.807) is 26.2 Å². The average Bonchev–Trinajstić information content (AvgIpc) is 2.56. The Morgan fingerprint density at radius 2 is 1.82 bits per heavy atom. The van der Waals surface area contributed by atoms with E-state index in [9.17, 15) is 9.18 Å². The lowest BCUT2D eigenvalue weighted by molar-refractivity contribution is -0.136. The molecule has 0 bridgehead atoms. The number of benzene rings is 1. The summed E-state index contributed by atoms with van der Waals surface area (Å²) in [6.07, 6.45) is 3.16. The van der Waals surface area contributed by atoms with Crippen molar-refractivity contribution in [2.75, 3.05) is 7.11 Å². The second-order valence-corrected chi connectivity index (χ2v) is 5.12. The first-order valence-corrected chi connectivity index (χ1v) is 7.20. The molecule has 1 aromatic carbocycles. The summed E-state index contributed by atoms with van der Waals surface area (Å²) < 4.78 is 18.5. The summed E-state index contributed by atoms with van der Waals surface area (Å²) in [5.74, 6) is -0.988. The quantitative estimate of drug-likeness (QED) is 0.661. The van der Waals surface area contributed by atoms with E-state index < -0.39 is 5.97 Å². The van der Waals surface area contributed by atoms with E-state index in [0.29, 0.717) is 12.8 Å². The number of methoxy groups -OCH3 is 1. The number of carbonyl (C=O) groups is 1. The molecule has 122 valence electrons. The van der Waals surface area contributed by atoms with Crippen LogP contribution in [0.25, 0.3) is 0 Å². The molecule has 6 heteroatoms. The Balaban J connectivity index is 0.000000422. The molecule has 1 aliphatic rings. The van der Waals surface area contributed by atoms with Crippen molar-refractivity contribution >= 4 is 11.7 Å². The Morgan fingerprint density at radius 3 is 2.18 bits per heavy atom. The van der Waals surface area contributed by atoms with Gasteiger partial charge < -0.3 is 15.1 Å². The normalized spacial score (nSPS) is 20.8. The maximum atomic E-state index is 12.9. The maximum Gasteiger partial charge on any atom is 0.303 e. The van der Waals surface area contributed by atoms with Crippen molar-refractivity contribution < 1.29 is 24.2 Å². The van der Waals surface area contributed by atoms with Gasteiger partial charge >= 0.3 is 5.97 Å². The fourth-order valence-electron chi connectivity index (χ4n) is 2.41. The predicted octanol–water partition coefficient (Wildman–Crippen LogP) is 3.55. The van der Waals surface area contributed by atoms with Crippen LogP contribution in [0.3, 0.4) is 0 Å². The summed E-state index contributed by atoms with van der Waals surface area (Å²) in [4.78, 5) is 9.37. The van der Waals surface area contributed by atoms with Gasteiger partial charge in [0.25, 0.3) is 0 Å². The first-order chi connectivity index (χ1) is 10.5. The topological polar surface area (TPSA) is 79.1 Å². The first-order valence-electron chi connectivity index (χ1n) is 7.20. The van der Waals surface area contributed by atoms with Crippen LogP contribution in [-0.4, -0.2) is 29.1 Å². The molecule has 1 aliphatic carbocycles. The minimum absolute atomic E-state index is 0.222. The second-order valence-electron chi connectivity index (χ2n) is 5.12. The minimum atomic E-state index is -0.745. The van der Waals surface area contributed by atoms with Crippen LogP contribution in [0.5, 0.6) is 0 Å².